The summed E-state index contributed by atoms with van der Waals surface area (Å²) in [5.74, 6) is -0.0939. The van der Waals surface area contributed by atoms with E-state index in [1.807, 2.05) is 11.9 Å². The molecule has 84 valence electrons. The maximum absolute atomic E-state index is 10.5. The minimum atomic E-state index is -0.916. The molecule has 0 aliphatic rings. The molecule has 14 heavy (non-hydrogen) atoms. The van der Waals surface area contributed by atoms with Crippen LogP contribution in [0.25, 0.3) is 0 Å². The Hall–Kier alpha value is -0.490. The standard InChI is InChI=1S/C9H19NO4/c1-8(11)7-14-9(12)6-10(2)4-5-13-3/h9,12H,4-7H2,1-3H3. The molecule has 1 unspecified atom stereocenters. The van der Waals surface area contributed by atoms with Gasteiger partial charge in [-0.15, -0.1) is 0 Å². The van der Waals surface area contributed by atoms with E-state index in [0.717, 1.165) is 6.54 Å². The summed E-state index contributed by atoms with van der Waals surface area (Å²) in [7, 11) is 3.47. The van der Waals surface area contributed by atoms with Crippen LogP contribution in [0.15, 0.2) is 0 Å². The van der Waals surface area contributed by atoms with Crippen molar-refractivity contribution in [3.05, 3.63) is 0 Å². The molecule has 0 aromatic heterocycles. The van der Waals surface area contributed by atoms with Crippen LogP contribution in [-0.2, 0) is 14.3 Å². The summed E-state index contributed by atoms with van der Waals surface area (Å²) in [5.41, 5.74) is 0. The Morgan fingerprint density at radius 3 is 2.71 bits per heavy atom. The first-order valence-electron chi connectivity index (χ1n) is 4.53. The average molecular weight is 205 g/mol. The second kappa shape index (κ2) is 7.87. The van der Waals surface area contributed by atoms with Gasteiger partial charge < -0.3 is 14.6 Å². The number of likely N-dealkylation sites (N-methyl/N-ethyl adjacent to an activating group) is 1. The van der Waals surface area contributed by atoms with Gasteiger partial charge in [0.05, 0.1) is 6.61 Å². The van der Waals surface area contributed by atoms with Crippen LogP contribution in [0.3, 0.4) is 0 Å². The van der Waals surface area contributed by atoms with Gasteiger partial charge >= 0.3 is 0 Å². The van der Waals surface area contributed by atoms with E-state index >= 15 is 0 Å². The van der Waals surface area contributed by atoms with E-state index in [4.69, 9.17) is 9.47 Å². The predicted octanol–water partition coefficient (Wildman–Crippen LogP) is -0.511. The average Bonchev–Trinajstić information content (AvgIpc) is 2.11. The van der Waals surface area contributed by atoms with Crippen LogP contribution in [0.5, 0.6) is 0 Å². The molecule has 1 N–H and O–H groups in total. The summed E-state index contributed by atoms with van der Waals surface area (Å²) >= 11 is 0. The molecule has 0 aliphatic carbocycles. The number of Topliss-reactive ketones (excluding diaryl/α,β-unsaturated/α-hetero) is 1. The molecule has 5 nitrogen and oxygen atoms in total. The molecule has 0 radical (unpaired) electrons. The summed E-state index contributed by atoms with van der Waals surface area (Å²) in [6.07, 6.45) is -0.916. The maximum Gasteiger partial charge on any atom is 0.167 e. The Balaban J connectivity index is 3.49. The van der Waals surface area contributed by atoms with Gasteiger partial charge in [0.15, 0.2) is 12.1 Å². The van der Waals surface area contributed by atoms with Gasteiger partial charge in [-0.2, -0.15) is 0 Å². The third-order valence-corrected chi connectivity index (χ3v) is 1.62. The zero-order valence-electron chi connectivity index (χ0n) is 9.02. The lowest BCUT2D eigenvalue weighted by Crippen LogP contribution is -2.33. The van der Waals surface area contributed by atoms with E-state index in [0.29, 0.717) is 13.2 Å². The molecule has 0 aliphatic heterocycles. The van der Waals surface area contributed by atoms with Gasteiger partial charge in [0.1, 0.15) is 6.61 Å². The van der Waals surface area contributed by atoms with Crippen molar-refractivity contribution in [3.63, 3.8) is 0 Å². The van der Waals surface area contributed by atoms with Crippen molar-refractivity contribution in [2.75, 3.05) is 40.5 Å². The number of nitrogens with zero attached hydrogens (tertiary/aromatic N) is 1. The zero-order valence-corrected chi connectivity index (χ0v) is 9.02. The fourth-order valence-corrected chi connectivity index (χ4v) is 0.871. The Morgan fingerprint density at radius 1 is 1.57 bits per heavy atom. The highest BCUT2D eigenvalue weighted by Gasteiger charge is 2.08. The normalized spacial score (nSPS) is 13.2. The first-order valence-corrected chi connectivity index (χ1v) is 4.53. The molecule has 0 bridgehead atoms. The zero-order chi connectivity index (χ0) is 11.0. The number of rotatable bonds is 8. The molecule has 0 fully saturated rings. The van der Waals surface area contributed by atoms with Crippen LogP contribution in [-0.4, -0.2) is 62.5 Å². The van der Waals surface area contributed by atoms with Crippen molar-refractivity contribution < 1.29 is 19.4 Å². The summed E-state index contributed by atoms with van der Waals surface area (Å²) in [6, 6.07) is 0. The third kappa shape index (κ3) is 8.12. The lowest BCUT2D eigenvalue weighted by Gasteiger charge is -2.19. The van der Waals surface area contributed by atoms with Crippen LogP contribution in [0, 0.1) is 0 Å². The minimum Gasteiger partial charge on any atom is -0.383 e. The summed E-state index contributed by atoms with van der Waals surface area (Å²) in [5, 5.41) is 9.31. The van der Waals surface area contributed by atoms with Gasteiger partial charge in [0, 0.05) is 20.2 Å². The first kappa shape index (κ1) is 13.5. The van der Waals surface area contributed by atoms with Crippen LogP contribution in [0.4, 0.5) is 0 Å². The largest absolute Gasteiger partial charge is 0.383 e. The Labute approximate surface area is 84.6 Å². The maximum atomic E-state index is 10.5. The van der Waals surface area contributed by atoms with Gasteiger partial charge in [-0.3, -0.25) is 9.69 Å². The Kier molecular flexibility index (Phi) is 7.60. The molecule has 0 amide bonds. The summed E-state index contributed by atoms with van der Waals surface area (Å²) < 4.78 is 9.75. The van der Waals surface area contributed by atoms with Crippen molar-refractivity contribution in [1.29, 1.82) is 0 Å². The lowest BCUT2D eigenvalue weighted by atomic mass is 10.4. The quantitative estimate of drug-likeness (QED) is 0.541. The molecule has 0 spiro atoms. The third-order valence-electron chi connectivity index (χ3n) is 1.62. The molecular formula is C9H19NO4. The molecule has 0 saturated carbocycles. The van der Waals surface area contributed by atoms with Crippen LogP contribution >= 0.6 is 0 Å². The van der Waals surface area contributed by atoms with Crippen LogP contribution in [0.1, 0.15) is 6.92 Å². The van der Waals surface area contributed by atoms with Crippen molar-refractivity contribution in [1.82, 2.24) is 4.90 Å². The van der Waals surface area contributed by atoms with E-state index in [1.54, 1.807) is 7.11 Å². The SMILES string of the molecule is COCCN(C)CC(O)OCC(C)=O. The van der Waals surface area contributed by atoms with Crippen molar-refractivity contribution in [3.8, 4) is 0 Å². The van der Waals surface area contributed by atoms with Gasteiger partial charge in [0.25, 0.3) is 0 Å². The van der Waals surface area contributed by atoms with E-state index < -0.39 is 6.29 Å². The lowest BCUT2D eigenvalue weighted by molar-refractivity contribution is -0.140. The Bertz CT molecular complexity index is 163. The van der Waals surface area contributed by atoms with Gasteiger partial charge in [0.2, 0.25) is 0 Å². The number of methoxy groups -OCH3 is 1. The summed E-state index contributed by atoms with van der Waals surface area (Å²) in [4.78, 5) is 12.4. The van der Waals surface area contributed by atoms with E-state index in [9.17, 15) is 9.90 Å². The topological polar surface area (TPSA) is 59.0 Å². The first-order chi connectivity index (χ1) is 6.56. The van der Waals surface area contributed by atoms with E-state index in [2.05, 4.69) is 0 Å². The second-order valence-electron chi connectivity index (χ2n) is 3.22. The fraction of sp³-hybridized carbons (Fsp3) is 0.889. The number of hydrogen-bond acceptors (Lipinski definition) is 5. The number of ketones is 1. The highest BCUT2D eigenvalue weighted by molar-refractivity contribution is 5.76. The van der Waals surface area contributed by atoms with Crippen LogP contribution < -0.4 is 0 Å². The number of ether oxygens (including phenoxy) is 2. The monoisotopic (exact) mass is 205 g/mol. The van der Waals surface area contributed by atoms with Crippen molar-refractivity contribution in [2.24, 2.45) is 0 Å². The van der Waals surface area contributed by atoms with Crippen molar-refractivity contribution in [2.45, 2.75) is 13.2 Å². The summed E-state index contributed by atoms with van der Waals surface area (Å²) in [6.45, 7) is 3.07. The molecule has 0 aromatic carbocycles. The highest BCUT2D eigenvalue weighted by atomic mass is 16.6. The van der Waals surface area contributed by atoms with Crippen molar-refractivity contribution >= 4 is 5.78 Å². The molecule has 0 aromatic rings. The number of carbonyl (C=O) groups excluding carboxylic acids is 1. The van der Waals surface area contributed by atoms with E-state index in [1.165, 1.54) is 6.92 Å². The van der Waals surface area contributed by atoms with Gasteiger partial charge in [-0.1, -0.05) is 0 Å². The molecule has 0 saturated heterocycles. The number of carbonyl (C=O) groups is 1. The smallest absolute Gasteiger partial charge is 0.167 e. The molecule has 0 rings (SSSR count). The molecule has 1 atom stereocenters. The highest BCUT2D eigenvalue weighted by Crippen LogP contribution is 1.92. The van der Waals surface area contributed by atoms with Gasteiger partial charge in [-0.25, -0.2) is 0 Å². The molecular weight excluding hydrogens is 186 g/mol. The van der Waals surface area contributed by atoms with E-state index in [-0.39, 0.29) is 12.4 Å². The predicted molar refractivity (Wildman–Crippen MR) is 52.0 cm³/mol. The Morgan fingerprint density at radius 2 is 2.21 bits per heavy atom. The van der Waals surface area contributed by atoms with Gasteiger partial charge in [-0.05, 0) is 14.0 Å². The number of aliphatic hydroxyl groups is 1. The number of aliphatic hydroxyl groups excluding tert-OH is 1. The van der Waals surface area contributed by atoms with Crippen LogP contribution in [0.2, 0.25) is 0 Å². The molecule has 5 heteroatoms. The second-order valence-corrected chi connectivity index (χ2v) is 3.22. The number of hydrogen-bond donors (Lipinski definition) is 1. The molecule has 0 heterocycles. The fourth-order valence-electron chi connectivity index (χ4n) is 0.871. The minimum absolute atomic E-state index is 0.0424.